The number of carbonyl (C=O) groups excluding carboxylic acids is 1. The average Bonchev–Trinajstić information content (AvgIpc) is 2.84. The van der Waals surface area contributed by atoms with Gasteiger partial charge in [0.25, 0.3) is 0 Å². The molecule has 4 nitrogen and oxygen atoms in total. The highest BCUT2D eigenvalue weighted by molar-refractivity contribution is 5.68. The number of carbonyl (C=O) groups is 1. The number of hydrogen-bond acceptors (Lipinski definition) is 3. The normalized spacial score (nSPS) is 18.9. The molecule has 1 fully saturated rings. The fourth-order valence-corrected chi connectivity index (χ4v) is 2.31. The van der Waals surface area contributed by atoms with Crippen molar-refractivity contribution in [2.45, 2.75) is 32.8 Å². The van der Waals surface area contributed by atoms with Crippen molar-refractivity contribution in [1.82, 2.24) is 4.90 Å². The van der Waals surface area contributed by atoms with E-state index in [9.17, 15) is 4.79 Å². The van der Waals surface area contributed by atoms with Gasteiger partial charge in [-0.25, -0.2) is 4.79 Å². The molecule has 0 unspecified atom stereocenters. The smallest absolute Gasteiger partial charge is 0.410 e. The Bertz CT molecular complexity index is 440. The third-order valence-electron chi connectivity index (χ3n) is 3.31. The summed E-state index contributed by atoms with van der Waals surface area (Å²) in [5, 5.41) is 3.42. The lowest BCUT2D eigenvalue weighted by atomic mass is 10.1. The monoisotopic (exact) mass is 276 g/mol. The summed E-state index contributed by atoms with van der Waals surface area (Å²) in [6.07, 6.45) is 0.832. The molecule has 0 aromatic heterocycles. The highest BCUT2D eigenvalue weighted by Gasteiger charge is 2.29. The maximum absolute atomic E-state index is 12.0. The minimum Gasteiger partial charge on any atom is -0.444 e. The van der Waals surface area contributed by atoms with Gasteiger partial charge < -0.3 is 15.0 Å². The number of anilines is 1. The highest BCUT2D eigenvalue weighted by atomic mass is 16.6. The summed E-state index contributed by atoms with van der Waals surface area (Å²) in [6, 6.07) is 10.2. The van der Waals surface area contributed by atoms with E-state index in [1.54, 1.807) is 0 Å². The van der Waals surface area contributed by atoms with Gasteiger partial charge in [0.1, 0.15) is 5.60 Å². The van der Waals surface area contributed by atoms with E-state index in [0.29, 0.717) is 5.92 Å². The first-order valence-electron chi connectivity index (χ1n) is 7.21. The van der Waals surface area contributed by atoms with E-state index in [4.69, 9.17) is 4.74 Å². The topological polar surface area (TPSA) is 41.6 Å². The van der Waals surface area contributed by atoms with Crippen LogP contribution in [-0.4, -0.2) is 36.2 Å². The number of para-hydroxylation sites is 1. The van der Waals surface area contributed by atoms with Crippen LogP contribution in [0.2, 0.25) is 0 Å². The molecule has 0 radical (unpaired) electrons. The lowest BCUT2D eigenvalue weighted by Crippen LogP contribution is -2.35. The molecular formula is C16H24N2O2. The van der Waals surface area contributed by atoms with Crippen LogP contribution in [0, 0.1) is 5.92 Å². The SMILES string of the molecule is CC(C)(C)OC(=O)N1CC[C@@H](CNc2ccccc2)C1. The van der Waals surface area contributed by atoms with Gasteiger partial charge in [-0.2, -0.15) is 0 Å². The van der Waals surface area contributed by atoms with Crippen LogP contribution in [0.1, 0.15) is 27.2 Å². The van der Waals surface area contributed by atoms with Gasteiger partial charge in [0, 0.05) is 25.3 Å². The zero-order valence-electron chi connectivity index (χ0n) is 12.6. The Hall–Kier alpha value is -1.71. The molecular weight excluding hydrogens is 252 g/mol. The van der Waals surface area contributed by atoms with Crippen molar-refractivity contribution < 1.29 is 9.53 Å². The van der Waals surface area contributed by atoms with Crippen LogP contribution in [0.3, 0.4) is 0 Å². The van der Waals surface area contributed by atoms with Gasteiger partial charge in [-0.05, 0) is 45.2 Å². The molecule has 2 rings (SSSR count). The fourth-order valence-electron chi connectivity index (χ4n) is 2.31. The number of ether oxygens (including phenoxy) is 1. The van der Waals surface area contributed by atoms with E-state index in [0.717, 1.165) is 31.7 Å². The Balaban J connectivity index is 1.76. The van der Waals surface area contributed by atoms with Crippen molar-refractivity contribution >= 4 is 11.8 Å². The molecule has 4 heteroatoms. The van der Waals surface area contributed by atoms with E-state index in [1.165, 1.54) is 0 Å². The van der Waals surface area contributed by atoms with Crippen LogP contribution in [0.4, 0.5) is 10.5 Å². The number of benzene rings is 1. The predicted molar refractivity (Wildman–Crippen MR) is 80.8 cm³/mol. The number of nitrogens with zero attached hydrogens (tertiary/aromatic N) is 1. The first-order chi connectivity index (χ1) is 9.44. The van der Waals surface area contributed by atoms with Crippen LogP contribution in [-0.2, 0) is 4.74 Å². The lowest BCUT2D eigenvalue weighted by Gasteiger charge is -2.24. The van der Waals surface area contributed by atoms with E-state index in [-0.39, 0.29) is 6.09 Å². The third kappa shape index (κ3) is 4.44. The molecule has 0 bridgehead atoms. The van der Waals surface area contributed by atoms with Crippen LogP contribution >= 0.6 is 0 Å². The molecule has 0 saturated carbocycles. The molecule has 20 heavy (non-hydrogen) atoms. The maximum atomic E-state index is 12.0. The lowest BCUT2D eigenvalue weighted by molar-refractivity contribution is 0.0289. The molecule has 1 N–H and O–H groups in total. The molecule has 1 aromatic rings. The Morgan fingerprint density at radius 2 is 2.05 bits per heavy atom. The predicted octanol–water partition coefficient (Wildman–Crippen LogP) is 3.36. The standard InChI is InChI=1S/C16H24N2O2/c1-16(2,3)20-15(19)18-10-9-13(12-18)11-17-14-7-5-4-6-8-14/h4-8,13,17H,9-12H2,1-3H3/t13-/m0/s1. The van der Waals surface area contributed by atoms with Gasteiger partial charge in [0.05, 0.1) is 0 Å². The molecule has 1 saturated heterocycles. The first-order valence-corrected chi connectivity index (χ1v) is 7.21. The number of likely N-dealkylation sites (tertiary alicyclic amines) is 1. The fraction of sp³-hybridized carbons (Fsp3) is 0.562. The van der Waals surface area contributed by atoms with E-state index < -0.39 is 5.60 Å². The number of amides is 1. The van der Waals surface area contributed by atoms with E-state index >= 15 is 0 Å². The van der Waals surface area contributed by atoms with Gasteiger partial charge in [-0.1, -0.05) is 18.2 Å². The Labute approximate surface area is 121 Å². The molecule has 110 valence electrons. The number of nitrogens with one attached hydrogen (secondary N) is 1. The maximum Gasteiger partial charge on any atom is 0.410 e. The molecule has 0 spiro atoms. The second-order valence-electron chi connectivity index (χ2n) is 6.33. The molecule has 1 atom stereocenters. The zero-order valence-corrected chi connectivity index (χ0v) is 12.6. The summed E-state index contributed by atoms with van der Waals surface area (Å²) < 4.78 is 5.40. The molecule has 0 aliphatic carbocycles. The Morgan fingerprint density at radius 1 is 1.35 bits per heavy atom. The van der Waals surface area contributed by atoms with Crippen LogP contribution < -0.4 is 5.32 Å². The van der Waals surface area contributed by atoms with Crippen molar-refractivity contribution in [3.05, 3.63) is 30.3 Å². The summed E-state index contributed by atoms with van der Waals surface area (Å²) in [5.41, 5.74) is 0.709. The summed E-state index contributed by atoms with van der Waals surface area (Å²) in [5.74, 6) is 0.489. The minimum atomic E-state index is -0.419. The summed E-state index contributed by atoms with van der Waals surface area (Å²) in [6.45, 7) is 8.15. The molecule has 1 amide bonds. The van der Waals surface area contributed by atoms with Crippen molar-refractivity contribution in [1.29, 1.82) is 0 Å². The Kier molecular flexibility index (Phi) is 4.53. The largest absolute Gasteiger partial charge is 0.444 e. The zero-order chi connectivity index (χ0) is 14.6. The second kappa shape index (κ2) is 6.16. The molecule has 1 aliphatic rings. The van der Waals surface area contributed by atoms with Crippen molar-refractivity contribution in [2.75, 3.05) is 25.0 Å². The van der Waals surface area contributed by atoms with Crippen molar-refractivity contribution in [2.24, 2.45) is 5.92 Å². The highest BCUT2D eigenvalue weighted by Crippen LogP contribution is 2.20. The van der Waals surface area contributed by atoms with E-state index in [2.05, 4.69) is 17.4 Å². The molecule has 1 aliphatic heterocycles. The van der Waals surface area contributed by atoms with Gasteiger partial charge in [-0.3, -0.25) is 0 Å². The van der Waals surface area contributed by atoms with Gasteiger partial charge in [0.2, 0.25) is 0 Å². The van der Waals surface area contributed by atoms with Crippen LogP contribution in [0.25, 0.3) is 0 Å². The summed E-state index contributed by atoms with van der Waals surface area (Å²) >= 11 is 0. The van der Waals surface area contributed by atoms with Crippen LogP contribution in [0.5, 0.6) is 0 Å². The Morgan fingerprint density at radius 3 is 2.70 bits per heavy atom. The molecule has 1 aromatic carbocycles. The molecule has 1 heterocycles. The van der Waals surface area contributed by atoms with Crippen LogP contribution in [0.15, 0.2) is 30.3 Å². The summed E-state index contributed by atoms with van der Waals surface area (Å²) in [4.78, 5) is 13.8. The van der Waals surface area contributed by atoms with Gasteiger partial charge in [0.15, 0.2) is 0 Å². The minimum absolute atomic E-state index is 0.195. The van der Waals surface area contributed by atoms with Crippen molar-refractivity contribution in [3.63, 3.8) is 0 Å². The summed E-state index contributed by atoms with van der Waals surface area (Å²) in [7, 11) is 0. The first kappa shape index (κ1) is 14.7. The quantitative estimate of drug-likeness (QED) is 0.920. The third-order valence-corrected chi connectivity index (χ3v) is 3.31. The van der Waals surface area contributed by atoms with E-state index in [1.807, 2.05) is 43.9 Å². The number of rotatable bonds is 3. The second-order valence-corrected chi connectivity index (χ2v) is 6.33. The average molecular weight is 276 g/mol. The van der Waals surface area contributed by atoms with Gasteiger partial charge in [-0.15, -0.1) is 0 Å². The van der Waals surface area contributed by atoms with Crippen molar-refractivity contribution in [3.8, 4) is 0 Å². The van der Waals surface area contributed by atoms with Gasteiger partial charge >= 0.3 is 6.09 Å². The number of hydrogen-bond donors (Lipinski definition) is 1.